The predicted molar refractivity (Wildman–Crippen MR) is 128 cm³/mol. The molecule has 0 saturated heterocycles. The van der Waals surface area contributed by atoms with Crippen molar-refractivity contribution >= 4 is 35.6 Å². The van der Waals surface area contributed by atoms with Gasteiger partial charge in [-0.2, -0.15) is 0 Å². The molecule has 3 aromatic carbocycles. The first-order valence-electron chi connectivity index (χ1n) is 9.97. The topological polar surface area (TPSA) is 78.9 Å². The summed E-state index contributed by atoms with van der Waals surface area (Å²) >= 11 is 6.58. The number of halogens is 1. The summed E-state index contributed by atoms with van der Waals surface area (Å²) in [6, 6.07) is 20.8. The second-order valence-electron chi connectivity index (χ2n) is 7.14. The van der Waals surface area contributed by atoms with E-state index in [4.69, 9.17) is 16.8 Å². The molecule has 6 nitrogen and oxygen atoms in total. The molecule has 0 radical (unpaired) electrons. The zero-order chi connectivity index (χ0) is 23.8. The summed E-state index contributed by atoms with van der Waals surface area (Å²) in [6.07, 6.45) is 0. The van der Waals surface area contributed by atoms with E-state index in [2.05, 4.69) is 5.32 Å². The van der Waals surface area contributed by atoms with Crippen LogP contribution in [0.1, 0.15) is 16.7 Å². The Hall–Kier alpha value is -1.59. The van der Waals surface area contributed by atoms with Gasteiger partial charge in [0.05, 0.1) is 0 Å². The number of nitrogens with zero attached hydrogens (tertiary/aromatic N) is 1. The average molecular weight is 602 g/mol. The number of benzene rings is 3. The van der Waals surface area contributed by atoms with Crippen molar-refractivity contribution in [1.29, 1.82) is 0 Å². The van der Waals surface area contributed by atoms with E-state index in [0.29, 0.717) is 17.3 Å². The van der Waals surface area contributed by atoms with Crippen molar-refractivity contribution in [2.45, 2.75) is 25.3 Å². The molecule has 0 aliphatic heterocycles. The number of anilines is 1. The van der Waals surface area contributed by atoms with Crippen molar-refractivity contribution in [3.05, 3.63) is 88.4 Å². The van der Waals surface area contributed by atoms with Crippen molar-refractivity contribution in [3.8, 4) is 5.75 Å². The van der Waals surface area contributed by atoms with Crippen LogP contribution in [0.25, 0.3) is 0 Å². The van der Waals surface area contributed by atoms with Crippen molar-refractivity contribution in [3.63, 3.8) is 0 Å². The Morgan fingerprint density at radius 1 is 1.09 bits per heavy atom. The zero-order valence-corrected chi connectivity index (χ0v) is 21.6. The van der Waals surface area contributed by atoms with Crippen LogP contribution in [0.3, 0.4) is 0 Å². The van der Waals surface area contributed by atoms with E-state index >= 15 is 0 Å². The SMILES string of the molecule is Cc1ccc(SN(CC(=O)NCc2cccc(O[Xe]C(=O)O)c2)c2cccc(Cl)c2C)cc1. The number of amides is 1. The Labute approximate surface area is 228 Å². The third kappa shape index (κ3) is 8.29. The van der Waals surface area contributed by atoms with E-state index in [-0.39, 0.29) is 12.5 Å². The molecule has 174 valence electrons. The van der Waals surface area contributed by atoms with Crippen LogP contribution in [-0.4, -0.2) is 18.0 Å². The number of carbonyl (C=O) groups is 2. The first kappa shape index (κ1) is 26.0. The molecular formula is C24H23ClN2O4SXe. The standard InChI is InChI=1S/C24H23ClN2O4SXe/c1-16-9-11-20(12-10-16)32-27(22-8-4-7-21(25)17(22)2)15-23(28)26-14-18-5-3-6-19(13-18)31-33-24(29)30/h3-13H,14-15H2,1-2H3,(H,26,28)(H,29,30). The Balaban J connectivity index is 1.69. The van der Waals surface area contributed by atoms with Crippen molar-refractivity contribution in [2.24, 2.45) is 0 Å². The number of hydrogen-bond acceptors (Lipinski definition) is 5. The van der Waals surface area contributed by atoms with E-state index < -0.39 is 45.3 Å². The number of carboxylic acid groups (broad SMARTS) is 1. The van der Waals surface area contributed by atoms with Gasteiger partial charge in [-0.05, 0) is 13.0 Å². The third-order valence-electron chi connectivity index (χ3n) is 4.60. The third-order valence-corrected chi connectivity index (χ3v) is 7.07. The maximum atomic E-state index is 12.8. The van der Waals surface area contributed by atoms with Crippen LogP contribution < -0.4 is 9.68 Å². The summed E-state index contributed by atoms with van der Waals surface area (Å²) in [5.41, 5.74) is 3.76. The average Bonchev–Trinajstić information content (AvgIpc) is 2.79. The molecule has 0 spiro atoms. The molecule has 0 heterocycles. The van der Waals surface area contributed by atoms with Crippen molar-refractivity contribution in [2.75, 3.05) is 10.8 Å². The molecule has 0 atom stereocenters. The molecule has 2 N–H and O–H groups in total. The number of carbonyl (C=O) groups excluding carboxylic acids is 1. The number of hydrogen-bond donors (Lipinski definition) is 2. The first-order valence-corrected chi connectivity index (χ1v) is 13.0. The quantitative estimate of drug-likeness (QED) is 0.284. The van der Waals surface area contributed by atoms with Gasteiger partial charge in [-0.15, -0.1) is 0 Å². The van der Waals surface area contributed by atoms with Crippen LogP contribution in [-0.2, 0) is 11.3 Å². The second-order valence-corrected chi connectivity index (χ2v) is 10.3. The molecule has 0 aliphatic carbocycles. The van der Waals surface area contributed by atoms with Gasteiger partial charge in [0.1, 0.15) is 0 Å². The summed E-state index contributed by atoms with van der Waals surface area (Å²) < 4.78 is 6.26. The minimum Gasteiger partial charge on any atom is -0.0581 e. The summed E-state index contributed by atoms with van der Waals surface area (Å²) in [5.74, 6) is 0.324. The maximum absolute atomic E-state index is 12.8. The Kier molecular flexibility index (Phi) is 10.1. The molecule has 0 unspecified atom stereocenters. The predicted octanol–water partition coefficient (Wildman–Crippen LogP) is 5.84. The molecule has 33 heavy (non-hydrogen) atoms. The van der Waals surface area contributed by atoms with Gasteiger partial charge in [-0.1, -0.05) is 29.3 Å². The van der Waals surface area contributed by atoms with E-state index in [9.17, 15) is 9.59 Å². The van der Waals surface area contributed by atoms with Gasteiger partial charge in [0.2, 0.25) is 0 Å². The number of rotatable bonds is 10. The van der Waals surface area contributed by atoms with Crippen LogP contribution in [0.4, 0.5) is 10.5 Å². The Morgan fingerprint density at radius 3 is 2.55 bits per heavy atom. The molecular weight excluding hydrogens is 579 g/mol. The second kappa shape index (κ2) is 12.8. The van der Waals surface area contributed by atoms with Gasteiger partial charge >= 0.3 is 189 Å². The molecule has 3 aromatic rings. The number of aryl methyl sites for hydroxylation is 1. The molecule has 0 fully saturated rings. The van der Waals surface area contributed by atoms with Crippen LogP contribution >= 0.6 is 23.5 Å². The first-order chi connectivity index (χ1) is 15.8. The number of nitrogens with one attached hydrogen (secondary N) is 1. The molecule has 0 aromatic heterocycles. The minimum atomic E-state index is -1.23. The van der Waals surface area contributed by atoms with Gasteiger partial charge in [0.25, 0.3) is 0 Å². The van der Waals surface area contributed by atoms with Crippen molar-refractivity contribution in [1.82, 2.24) is 5.32 Å². The molecule has 1 amide bonds. The molecule has 0 saturated carbocycles. The smallest absolute Gasteiger partial charge is 0.0581 e. The van der Waals surface area contributed by atoms with E-state index in [1.165, 1.54) is 17.5 Å². The monoisotopic (exact) mass is 602 g/mol. The fourth-order valence-electron chi connectivity index (χ4n) is 2.92. The van der Waals surface area contributed by atoms with Gasteiger partial charge < -0.3 is 0 Å². The van der Waals surface area contributed by atoms with E-state index in [0.717, 1.165) is 21.7 Å². The molecule has 9 heteroatoms. The normalized spacial score (nSPS) is 10.6. The van der Waals surface area contributed by atoms with Gasteiger partial charge in [0, 0.05) is 0 Å². The fourth-order valence-corrected chi connectivity index (χ4v) is 4.75. The summed E-state index contributed by atoms with van der Waals surface area (Å²) in [4.78, 5) is 24.6. The summed E-state index contributed by atoms with van der Waals surface area (Å²) in [7, 11) is 0. The van der Waals surface area contributed by atoms with E-state index in [1.807, 2.05) is 66.7 Å². The van der Waals surface area contributed by atoms with E-state index in [1.54, 1.807) is 18.2 Å². The summed E-state index contributed by atoms with van der Waals surface area (Å²) in [5, 5.41) is 12.4. The molecule has 0 aliphatic rings. The van der Waals surface area contributed by atoms with Gasteiger partial charge in [-0.25, -0.2) is 0 Å². The van der Waals surface area contributed by atoms with Crippen LogP contribution in [0, 0.1) is 58.7 Å². The molecule has 3 rings (SSSR count). The Morgan fingerprint density at radius 2 is 1.82 bits per heavy atom. The minimum absolute atomic E-state index is 0.124. The van der Waals surface area contributed by atoms with Gasteiger partial charge in [0.15, 0.2) is 0 Å². The van der Waals surface area contributed by atoms with Crippen LogP contribution in [0.5, 0.6) is 5.75 Å². The van der Waals surface area contributed by atoms with Crippen molar-refractivity contribution < 1.29 is 59.6 Å². The van der Waals surface area contributed by atoms with Crippen LogP contribution in [0.2, 0.25) is 5.02 Å². The zero-order valence-electron chi connectivity index (χ0n) is 18.0. The van der Waals surface area contributed by atoms with Crippen LogP contribution in [0.15, 0.2) is 71.6 Å². The fraction of sp³-hybridized carbons (Fsp3) is 0.167. The Bertz CT molecular complexity index is 1130. The molecule has 0 bridgehead atoms. The van der Waals surface area contributed by atoms with Gasteiger partial charge in [-0.3, -0.25) is 0 Å². The summed E-state index contributed by atoms with van der Waals surface area (Å²) in [6.45, 7) is 4.39.